The lowest BCUT2D eigenvalue weighted by molar-refractivity contribution is -0.0952. The van der Waals surface area contributed by atoms with Gasteiger partial charge >= 0.3 is 0 Å². The van der Waals surface area contributed by atoms with Crippen LogP contribution in [0, 0.1) is 0 Å². The predicted molar refractivity (Wildman–Crippen MR) is 85.4 cm³/mol. The molecule has 0 aliphatic rings. The fourth-order valence-corrected chi connectivity index (χ4v) is 7.61. The molecule has 0 amide bonds. The van der Waals surface area contributed by atoms with E-state index >= 15 is 0 Å². The standard InChI is InChI=1S/C12H32O2Si3/c1-12(11-15(2,3)4,13-16(5,6)7)14-17(8,9)10/h11H2,1-10H3. The summed E-state index contributed by atoms with van der Waals surface area (Å²) in [5.74, 6) is -0.362. The van der Waals surface area contributed by atoms with Gasteiger partial charge in [0.1, 0.15) is 5.79 Å². The van der Waals surface area contributed by atoms with Crippen LogP contribution in [0.1, 0.15) is 6.92 Å². The van der Waals surface area contributed by atoms with E-state index in [2.05, 4.69) is 65.8 Å². The zero-order valence-electron chi connectivity index (χ0n) is 13.5. The smallest absolute Gasteiger partial charge is 0.187 e. The van der Waals surface area contributed by atoms with Crippen molar-refractivity contribution >= 4 is 24.7 Å². The van der Waals surface area contributed by atoms with Crippen LogP contribution in [0.3, 0.4) is 0 Å². The molecule has 0 aromatic rings. The molecular formula is C12H32O2Si3. The zero-order valence-corrected chi connectivity index (χ0v) is 16.5. The minimum absolute atomic E-state index is 0.362. The second-order valence-electron chi connectivity index (χ2n) is 8.30. The Morgan fingerprint density at radius 1 is 0.706 bits per heavy atom. The highest BCUT2D eigenvalue weighted by Gasteiger charge is 2.39. The zero-order chi connectivity index (χ0) is 14.1. The first-order valence-corrected chi connectivity index (χ1v) is 17.0. The second-order valence-corrected chi connectivity index (χ2v) is 22.6. The Morgan fingerprint density at radius 2 is 1.00 bits per heavy atom. The lowest BCUT2D eigenvalue weighted by atomic mass is 10.4. The van der Waals surface area contributed by atoms with Crippen molar-refractivity contribution in [3.63, 3.8) is 0 Å². The second kappa shape index (κ2) is 5.29. The van der Waals surface area contributed by atoms with Crippen LogP contribution in [-0.4, -0.2) is 30.5 Å². The van der Waals surface area contributed by atoms with Crippen LogP contribution >= 0.6 is 0 Å². The van der Waals surface area contributed by atoms with Crippen LogP contribution < -0.4 is 0 Å². The van der Waals surface area contributed by atoms with Crippen molar-refractivity contribution in [3.8, 4) is 0 Å². The van der Waals surface area contributed by atoms with Gasteiger partial charge in [0, 0.05) is 0 Å². The van der Waals surface area contributed by atoms with Crippen LogP contribution in [0.2, 0.25) is 65.0 Å². The molecule has 0 saturated heterocycles. The third-order valence-corrected chi connectivity index (χ3v) is 5.69. The Hall–Kier alpha value is 0.571. The molecule has 0 aliphatic carbocycles. The number of rotatable bonds is 6. The van der Waals surface area contributed by atoms with E-state index in [1.807, 2.05) is 0 Å². The van der Waals surface area contributed by atoms with Crippen molar-refractivity contribution < 1.29 is 8.85 Å². The van der Waals surface area contributed by atoms with Crippen molar-refractivity contribution in [2.75, 3.05) is 0 Å². The van der Waals surface area contributed by atoms with Gasteiger partial charge in [-0.2, -0.15) is 0 Å². The van der Waals surface area contributed by atoms with Gasteiger partial charge < -0.3 is 8.85 Å². The Bertz CT molecular complexity index is 205. The summed E-state index contributed by atoms with van der Waals surface area (Å²) in [7, 11) is -4.34. The van der Waals surface area contributed by atoms with Crippen molar-refractivity contribution in [3.05, 3.63) is 0 Å². The highest BCUT2D eigenvalue weighted by Crippen LogP contribution is 2.31. The van der Waals surface area contributed by atoms with Gasteiger partial charge in [-0.05, 0) is 52.2 Å². The molecule has 2 nitrogen and oxygen atoms in total. The van der Waals surface area contributed by atoms with E-state index in [1.54, 1.807) is 0 Å². The van der Waals surface area contributed by atoms with Crippen LogP contribution in [0.4, 0.5) is 0 Å². The van der Waals surface area contributed by atoms with Crippen molar-refractivity contribution in [2.24, 2.45) is 0 Å². The van der Waals surface area contributed by atoms with Crippen LogP contribution in [0.15, 0.2) is 0 Å². The van der Waals surface area contributed by atoms with E-state index in [0.717, 1.165) is 6.04 Å². The molecule has 104 valence electrons. The molecule has 0 bridgehead atoms. The van der Waals surface area contributed by atoms with Gasteiger partial charge in [0.2, 0.25) is 0 Å². The van der Waals surface area contributed by atoms with Crippen molar-refractivity contribution in [1.82, 2.24) is 0 Å². The van der Waals surface area contributed by atoms with Gasteiger partial charge in [0.15, 0.2) is 16.6 Å². The molecule has 17 heavy (non-hydrogen) atoms. The van der Waals surface area contributed by atoms with Crippen molar-refractivity contribution in [2.45, 2.75) is 77.7 Å². The molecule has 0 fully saturated rings. The maximum atomic E-state index is 6.36. The molecule has 0 saturated carbocycles. The van der Waals surface area contributed by atoms with E-state index < -0.39 is 24.7 Å². The largest absolute Gasteiger partial charge is 0.392 e. The summed E-state index contributed by atoms with van der Waals surface area (Å²) >= 11 is 0. The maximum Gasteiger partial charge on any atom is 0.187 e. The van der Waals surface area contributed by atoms with Gasteiger partial charge in [-0.25, -0.2) is 0 Å². The van der Waals surface area contributed by atoms with E-state index in [0.29, 0.717) is 0 Å². The van der Waals surface area contributed by atoms with Crippen LogP contribution in [-0.2, 0) is 8.85 Å². The van der Waals surface area contributed by atoms with Gasteiger partial charge in [0.05, 0.1) is 8.07 Å². The summed E-state index contributed by atoms with van der Waals surface area (Å²) in [6, 6.07) is 1.08. The summed E-state index contributed by atoms with van der Waals surface area (Å²) < 4.78 is 12.7. The predicted octanol–water partition coefficient (Wildman–Crippen LogP) is 4.74. The van der Waals surface area contributed by atoms with Gasteiger partial charge in [-0.3, -0.25) is 0 Å². The first-order chi connectivity index (χ1) is 7.12. The monoisotopic (exact) mass is 292 g/mol. The molecule has 0 radical (unpaired) electrons. The Labute approximate surface area is 111 Å². The van der Waals surface area contributed by atoms with E-state index in [4.69, 9.17) is 8.85 Å². The van der Waals surface area contributed by atoms with Crippen LogP contribution in [0.5, 0.6) is 0 Å². The SMILES string of the molecule is CC(C[Si](C)(C)C)(O[Si](C)(C)C)O[Si](C)(C)C. The molecule has 0 aliphatic heterocycles. The van der Waals surface area contributed by atoms with Gasteiger partial charge in [-0.15, -0.1) is 0 Å². The summed E-state index contributed by atoms with van der Waals surface area (Å²) in [6.45, 7) is 22.7. The quantitative estimate of drug-likeness (QED) is 0.520. The lowest BCUT2D eigenvalue weighted by Crippen LogP contribution is -2.51. The first kappa shape index (κ1) is 17.6. The molecule has 0 N–H and O–H groups in total. The summed E-state index contributed by atoms with van der Waals surface area (Å²) in [4.78, 5) is 0. The van der Waals surface area contributed by atoms with E-state index in [9.17, 15) is 0 Å². The van der Waals surface area contributed by atoms with Crippen LogP contribution in [0.25, 0.3) is 0 Å². The number of hydrogen-bond donors (Lipinski definition) is 0. The topological polar surface area (TPSA) is 18.5 Å². The first-order valence-electron chi connectivity index (χ1n) is 6.52. The minimum Gasteiger partial charge on any atom is -0.392 e. The molecule has 0 spiro atoms. The van der Waals surface area contributed by atoms with Gasteiger partial charge in [-0.1, -0.05) is 19.6 Å². The third-order valence-electron chi connectivity index (χ3n) is 1.90. The Morgan fingerprint density at radius 3 is 1.18 bits per heavy atom. The molecule has 0 rings (SSSR count). The highest BCUT2D eigenvalue weighted by atomic mass is 28.4. The highest BCUT2D eigenvalue weighted by molar-refractivity contribution is 6.76. The molecule has 0 heterocycles. The lowest BCUT2D eigenvalue weighted by Gasteiger charge is -2.43. The Balaban J connectivity index is 4.95. The molecule has 0 aromatic carbocycles. The average molecular weight is 293 g/mol. The minimum atomic E-state index is -1.57. The molecular weight excluding hydrogens is 260 g/mol. The summed E-state index contributed by atoms with van der Waals surface area (Å²) in [5, 5.41) is 0. The van der Waals surface area contributed by atoms with Crippen molar-refractivity contribution in [1.29, 1.82) is 0 Å². The summed E-state index contributed by atoms with van der Waals surface area (Å²) in [5.41, 5.74) is 0. The maximum absolute atomic E-state index is 6.36. The molecule has 0 atom stereocenters. The average Bonchev–Trinajstić information content (AvgIpc) is 1.65. The summed E-state index contributed by atoms with van der Waals surface area (Å²) in [6.07, 6.45) is 0. The van der Waals surface area contributed by atoms with E-state index in [1.165, 1.54) is 0 Å². The third kappa shape index (κ3) is 10.2. The normalized spacial score (nSPS) is 15.2. The Kier molecular flexibility index (Phi) is 5.46. The number of hydrogen-bond acceptors (Lipinski definition) is 2. The molecule has 5 heteroatoms. The molecule has 0 unspecified atom stereocenters. The van der Waals surface area contributed by atoms with Gasteiger partial charge in [0.25, 0.3) is 0 Å². The van der Waals surface area contributed by atoms with E-state index in [-0.39, 0.29) is 5.79 Å². The molecule has 0 aromatic heterocycles. The fraction of sp³-hybridized carbons (Fsp3) is 1.00. The fourth-order valence-electron chi connectivity index (χ4n) is 2.35.